The fraction of sp³-hybridized carbons (Fsp3) is 0.556. The molecule has 1 aromatic carbocycles. The molecule has 0 radical (unpaired) electrons. The number of ketones is 1. The third-order valence-electron chi connectivity index (χ3n) is 4.64. The van der Waals surface area contributed by atoms with E-state index in [9.17, 15) is 18.4 Å². The quantitative estimate of drug-likeness (QED) is 0.727. The van der Waals surface area contributed by atoms with Gasteiger partial charge in [0.1, 0.15) is 17.5 Å². The molecule has 136 valence electrons. The summed E-state index contributed by atoms with van der Waals surface area (Å²) in [6, 6.07) is 3.26. The average Bonchev–Trinajstić information content (AvgIpc) is 2.45. The zero-order chi connectivity index (χ0) is 18.6. The van der Waals surface area contributed by atoms with Crippen molar-refractivity contribution in [3.05, 3.63) is 34.1 Å². The molecule has 7 heteroatoms. The first kappa shape index (κ1) is 18.3. The highest BCUT2D eigenvalue weighted by Crippen LogP contribution is 2.48. The molecule has 1 amide bonds. The molecule has 2 saturated heterocycles. The number of nitrogens with zero attached hydrogens (tertiary/aromatic N) is 1. The van der Waals surface area contributed by atoms with Crippen LogP contribution in [0.3, 0.4) is 0 Å². The Hall–Kier alpha value is -1.50. The number of amides is 1. The zero-order valence-electron chi connectivity index (χ0n) is 14.3. The first-order valence-electron chi connectivity index (χ1n) is 8.19. The van der Waals surface area contributed by atoms with Gasteiger partial charge in [-0.2, -0.15) is 0 Å². The normalized spacial score (nSPS) is 28.6. The number of Topliss-reactive ketones (excluding diaryl/α,β-unsaturated/α-hetero) is 1. The summed E-state index contributed by atoms with van der Waals surface area (Å²) < 4.78 is 34.6. The van der Waals surface area contributed by atoms with Gasteiger partial charge in [-0.3, -0.25) is 9.69 Å². The van der Waals surface area contributed by atoms with Crippen molar-refractivity contribution in [2.45, 2.75) is 63.4 Å². The van der Waals surface area contributed by atoms with Gasteiger partial charge in [0, 0.05) is 25.3 Å². The predicted molar refractivity (Wildman–Crippen MR) is 91.5 cm³/mol. The predicted octanol–water partition coefficient (Wildman–Crippen LogP) is 4.19. The lowest BCUT2D eigenvalue weighted by Crippen LogP contribution is -2.72. The number of carbonyl (C=O) groups excluding carboxylic acids is 2. The maximum absolute atomic E-state index is 14.6. The molecule has 4 rings (SSSR count). The van der Waals surface area contributed by atoms with Gasteiger partial charge >= 0.3 is 6.09 Å². The number of alkyl halides is 1. The lowest BCUT2D eigenvalue weighted by Gasteiger charge is -2.55. The first-order valence-corrected chi connectivity index (χ1v) is 8.98. The van der Waals surface area contributed by atoms with Crippen LogP contribution >= 0.6 is 15.9 Å². The number of fused-ring (bicyclic) bond motifs is 2. The number of ether oxygens (including phenoxy) is 1. The molecule has 2 aliphatic heterocycles. The van der Waals surface area contributed by atoms with Gasteiger partial charge in [-0.1, -0.05) is 12.1 Å². The van der Waals surface area contributed by atoms with Crippen molar-refractivity contribution < 1.29 is 23.1 Å². The van der Waals surface area contributed by atoms with Crippen LogP contribution in [0.15, 0.2) is 22.7 Å². The van der Waals surface area contributed by atoms with E-state index in [1.54, 1.807) is 32.9 Å². The Labute approximate surface area is 153 Å². The van der Waals surface area contributed by atoms with Crippen LogP contribution in [-0.4, -0.2) is 40.1 Å². The summed E-state index contributed by atoms with van der Waals surface area (Å²) in [6.45, 7) is 5.17. The Kier molecular flexibility index (Phi) is 4.42. The Morgan fingerprint density at radius 2 is 2.04 bits per heavy atom. The van der Waals surface area contributed by atoms with E-state index < -0.39 is 41.0 Å². The molecule has 1 atom stereocenters. The number of halogens is 3. The molecule has 0 N–H and O–H groups in total. The van der Waals surface area contributed by atoms with E-state index >= 15 is 0 Å². The van der Waals surface area contributed by atoms with Crippen LogP contribution in [0.2, 0.25) is 0 Å². The van der Waals surface area contributed by atoms with E-state index in [0.29, 0.717) is 0 Å². The molecule has 0 aromatic heterocycles. The molecule has 1 aliphatic carbocycles. The maximum Gasteiger partial charge on any atom is 0.411 e. The van der Waals surface area contributed by atoms with E-state index in [1.807, 2.05) is 0 Å². The summed E-state index contributed by atoms with van der Waals surface area (Å²) in [7, 11) is 0. The molecule has 1 unspecified atom stereocenters. The molecule has 1 aromatic rings. The van der Waals surface area contributed by atoms with E-state index in [4.69, 9.17) is 4.74 Å². The van der Waals surface area contributed by atoms with Gasteiger partial charge in [-0.25, -0.2) is 13.6 Å². The maximum atomic E-state index is 14.6. The van der Waals surface area contributed by atoms with Gasteiger partial charge in [-0.05, 0) is 48.3 Å². The molecule has 1 saturated carbocycles. The van der Waals surface area contributed by atoms with Crippen molar-refractivity contribution in [1.82, 2.24) is 4.90 Å². The molecular weight excluding hydrogens is 396 g/mol. The molecule has 3 fully saturated rings. The SMILES string of the molecule is CC(C)(C)OC(=O)N1C2CC(F)(C2)C(=O)C1Cc1cccc(Br)c1F. The fourth-order valence-corrected chi connectivity index (χ4v) is 3.87. The summed E-state index contributed by atoms with van der Waals surface area (Å²) in [5.74, 6) is -1.17. The van der Waals surface area contributed by atoms with Gasteiger partial charge in [0.15, 0.2) is 11.5 Å². The van der Waals surface area contributed by atoms with Crippen molar-refractivity contribution in [3.8, 4) is 0 Å². The van der Waals surface area contributed by atoms with Crippen LogP contribution in [0, 0.1) is 5.82 Å². The van der Waals surface area contributed by atoms with Crippen LogP contribution in [0.25, 0.3) is 0 Å². The lowest BCUT2D eigenvalue weighted by atomic mass is 9.66. The summed E-state index contributed by atoms with van der Waals surface area (Å²) in [5, 5.41) is 0. The highest BCUT2D eigenvalue weighted by molar-refractivity contribution is 9.10. The standard InChI is InChI=1S/C18H20BrF2NO3/c1-17(2,3)25-16(24)22-11-8-18(21,9-11)15(23)13(22)7-10-5-4-6-12(19)14(10)20/h4-6,11,13H,7-9H2,1-3H3. The number of rotatable bonds is 2. The van der Waals surface area contributed by atoms with Gasteiger partial charge in [-0.15, -0.1) is 0 Å². The largest absolute Gasteiger partial charge is 0.444 e. The van der Waals surface area contributed by atoms with Crippen LogP contribution < -0.4 is 0 Å². The summed E-state index contributed by atoms with van der Waals surface area (Å²) in [6.07, 6.45) is -0.760. The van der Waals surface area contributed by atoms with Gasteiger partial charge in [0.05, 0.1) is 4.47 Å². The van der Waals surface area contributed by atoms with Crippen LogP contribution in [0.4, 0.5) is 13.6 Å². The number of benzene rings is 1. The minimum Gasteiger partial charge on any atom is -0.444 e. The second-order valence-electron chi connectivity index (χ2n) is 7.71. The minimum absolute atomic E-state index is 0.0114. The number of hydrogen-bond donors (Lipinski definition) is 0. The van der Waals surface area contributed by atoms with Gasteiger partial charge in [0.2, 0.25) is 0 Å². The molecule has 4 nitrogen and oxygen atoms in total. The Morgan fingerprint density at radius 1 is 1.40 bits per heavy atom. The lowest BCUT2D eigenvalue weighted by molar-refractivity contribution is -0.163. The number of carbonyl (C=O) groups is 2. The van der Waals surface area contributed by atoms with Crippen molar-refractivity contribution in [2.24, 2.45) is 0 Å². The smallest absolute Gasteiger partial charge is 0.411 e. The topological polar surface area (TPSA) is 46.6 Å². The highest BCUT2D eigenvalue weighted by Gasteiger charge is 2.63. The third-order valence-corrected chi connectivity index (χ3v) is 5.25. The minimum atomic E-state index is -1.91. The monoisotopic (exact) mass is 415 g/mol. The molecule has 3 aliphatic rings. The molecule has 0 spiro atoms. The van der Waals surface area contributed by atoms with Crippen molar-refractivity contribution in [1.29, 1.82) is 0 Å². The second-order valence-corrected chi connectivity index (χ2v) is 8.57. The average molecular weight is 416 g/mol. The zero-order valence-corrected chi connectivity index (χ0v) is 15.9. The Bertz CT molecular complexity index is 726. The summed E-state index contributed by atoms with van der Waals surface area (Å²) >= 11 is 3.10. The van der Waals surface area contributed by atoms with Crippen molar-refractivity contribution in [2.75, 3.05) is 0 Å². The fourth-order valence-electron chi connectivity index (χ4n) is 3.46. The second kappa shape index (κ2) is 6.04. The molecule has 2 bridgehead atoms. The van der Waals surface area contributed by atoms with Gasteiger partial charge < -0.3 is 4.74 Å². The Balaban J connectivity index is 1.91. The first-order chi connectivity index (χ1) is 11.5. The number of piperidine rings is 2. The van der Waals surface area contributed by atoms with E-state index in [1.165, 1.54) is 11.0 Å². The van der Waals surface area contributed by atoms with E-state index in [0.717, 1.165) is 0 Å². The summed E-state index contributed by atoms with van der Waals surface area (Å²) in [4.78, 5) is 26.5. The van der Waals surface area contributed by atoms with Crippen molar-refractivity contribution >= 4 is 27.8 Å². The Morgan fingerprint density at radius 3 is 2.64 bits per heavy atom. The van der Waals surface area contributed by atoms with Crippen LogP contribution in [0.1, 0.15) is 39.2 Å². The van der Waals surface area contributed by atoms with Gasteiger partial charge in [0.25, 0.3) is 0 Å². The van der Waals surface area contributed by atoms with Crippen LogP contribution in [0.5, 0.6) is 0 Å². The molecular formula is C18H20BrF2NO3. The van der Waals surface area contributed by atoms with Crippen molar-refractivity contribution in [3.63, 3.8) is 0 Å². The molecule has 2 heterocycles. The highest BCUT2D eigenvalue weighted by atomic mass is 79.9. The summed E-state index contributed by atoms with van der Waals surface area (Å²) in [5.41, 5.74) is -2.39. The van der Waals surface area contributed by atoms with Crippen LogP contribution in [-0.2, 0) is 16.0 Å². The molecule has 25 heavy (non-hydrogen) atoms. The van der Waals surface area contributed by atoms with E-state index in [-0.39, 0.29) is 29.3 Å². The van der Waals surface area contributed by atoms with E-state index in [2.05, 4.69) is 15.9 Å². The third kappa shape index (κ3) is 3.30. The number of hydrogen-bond acceptors (Lipinski definition) is 3.